The minimum atomic E-state index is -0.489. The molecule has 0 unspecified atom stereocenters. The summed E-state index contributed by atoms with van der Waals surface area (Å²) in [6.45, 7) is 0. The number of nitrogens with zero attached hydrogens (tertiary/aromatic N) is 4. The van der Waals surface area contributed by atoms with Crippen LogP contribution in [0.15, 0.2) is 267 Å². The molecule has 0 fully saturated rings. The maximum absolute atomic E-state index is 4.73. The second-order valence-corrected chi connectivity index (χ2v) is 20.1. The summed E-state index contributed by atoms with van der Waals surface area (Å²) >= 11 is 0. The smallest absolute Gasteiger partial charge is 0.137 e. The van der Waals surface area contributed by atoms with E-state index in [1.807, 2.05) is 36.7 Å². The van der Waals surface area contributed by atoms with Gasteiger partial charge < -0.3 is 0 Å². The van der Waals surface area contributed by atoms with Crippen molar-refractivity contribution in [3.05, 3.63) is 289 Å². The molecule has 0 bridgehead atoms. The lowest BCUT2D eigenvalue weighted by Gasteiger charge is -2.31. The first-order valence-corrected chi connectivity index (χ1v) is 25.8. The van der Waals surface area contributed by atoms with Crippen molar-refractivity contribution in [2.75, 3.05) is 0 Å². The molecule has 0 saturated heterocycles. The van der Waals surface area contributed by atoms with Crippen molar-refractivity contribution in [1.29, 1.82) is 0 Å². The quantitative estimate of drug-likeness (QED) is 0.166. The van der Waals surface area contributed by atoms with E-state index in [1.165, 1.54) is 111 Å². The number of rotatable bonds is 6. The van der Waals surface area contributed by atoms with E-state index in [0.717, 1.165) is 33.7 Å². The molecule has 0 N–H and O–H groups in total. The molecule has 0 saturated carbocycles. The molecule has 4 heterocycles. The van der Waals surface area contributed by atoms with Gasteiger partial charge in [-0.2, -0.15) is 0 Å². The van der Waals surface area contributed by atoms with Crippen molar-refractivity contribution >= 4 is 43.6 Å². The molecule has 1 spiro atoms. The van der Waals surface area contributed by atoms with Gasteiger partial charge in [0, 0.05) is 33.9 Å². The Kier molecular flexibility index (Phi) is 8.92. The number of fused-ring (bicyclic) bond motifs is 16. The summed E-state index contributed by atoms with van der Waals surface area (Å²) in [5.74, 6) is 1.84. The highest BCUT2D eigenvalue weighted by molar-refractivity contribution is 6.11. The Morgan fingerprint density at radius 1 is 0.240 bits per heavy atom. The summed E-state index contributed by atoms with van der Waals surface area (Å²) in [5, 5.41) is 4.87. The molecular weight excluding hydrogens is 909 g/mol. The molecule has 2 aliphatic rings. The first kappa shape index (κ1) is 41.7. The topological polar surface area (TPSA) is 35.6 Å². The first-order valence-electron chi connectivity index (χ1n) is 25.8. The monoisotopic (exact) mass is 952 g/mol. The third kappa shape index (κ3) is 6.05. The van der Waals surface area contributed by atoms with E-state index in [2.05, 4.69) is 240 Å². The Bertz CT molecular complexity index is 4320. The lowest BCUT2D eigenvalue weighted by atomic mass is 9.70. The van der Waals surface area contributed by atoms with Gasteiger partial charge in [-0.15, -0.1) is 0 Å². The van der Waals surface area contributed by atoms with Gasteiger partial charge in [-0.3, -0.25) is 9.13 Å². The van der Waals surface area contributed by atoms with Crippen LogP contribution in [0.1, 0.15) is 22.3 Å². The van der Waals surface area contributed by atoms with Gasteiger partial charge in [0.2, 0.25) is 0 Å². The zero-order valence-electron chi connectivity index (χ0n) is 40.7. The highest BCUT2D eigenvalue weighted by Gasteiger charge is 2.51. The van der Waals surface area contributed by atoms with Crippen LogP contribution in [0.2, 0.25) is 0 Å². The molecule has 4 nitrogen and oxygen atoms in total. The highest BCUT2D eigenvalue weighted by atomic mass is 15.1. The summed E-state index contributed by atoms with van der Waals surface area (Å²) in [7, 11) is 0. The van der Waals surface area contributed by atoms with E-state index >= 15 is 0 Å². The molecule has 0 amide bonds. The molecule has 14 aromatic rings. The standard InChI is InChI=1S/C71H44N4/c1-5-17-61-53(13-1)54-14-2-6-18-62(54)71(61)63-43-51(47-27-23-45(24-28-47)49-33-37-67-59(41-49)57-15-3-7-19-65(57)74(67)69-21-9-11-39-72-69)31-35-55(63)56-36-32-52(44-64(56)71)48-29-25-46(26-30-48)50-34-38-68-60(42-50)58-16-4-8-20-66(58)75(68)70-22-10-12-40-73-70/h1-44H. The zero-order chi connectivity index (χ0) is 49.2. The van der Waals surface area contributed by atoms with Crippen LogP contribution in [-0.2, 0) is 5.41 Å². The Morgan fingerprint density at radius 2 is 0.573 bits per heavy atom. The Morgan fingerprint density at radius 3 is 1.00 bits per heavy atom. The molecule has 0 atom stereocenters. The number of aromatic nitrogens is 4. The molecule has 0 aliphatic heterocycles. The summed E-state index contributed by atoms with van der Waals surface area (Å²) in [5.41, 5.74) is 24.2. The molecule has 10 aromatic carbocycles. The molecule has 4 aromatic heterocycles. The SMILES string of the molecule is c1ccc(-n2c3ccccc3c3cc(-c4ccc(-c5ccc6c(c5)C5(c7ccccc7-c7ccccc75)c5cc(-c7ccc(-c8ccc9c(c8)c8ccccc8n9-c8ccccn8)cc7)ccc5-6)cc4)ccc32)nc1. The molecule has 0 radical (unpaired) electrons. The fourth-order valence-electron chi connectivity index (χ4n) is 13.0. The van der Waals surface area contributed by atoms with Gasteiger partial charge in [-0.1, -0.05) is 182 Å². The van der Waals surface area contributed by atoms with Crippen LogP contribution in [0, 0.1) is 0 Å². The van der Waals surface area contributed by atoms with E-state index in [1.54, 1.807) is 0 Å². The Balaban J connectivity index is 0.778. The molecule has 16 rings (SSSR count). The third-order valence-corrected chi connectivity index (χ3v) is 16.3. The van der Waals surface area contributed by atoms with Crippen LogP contribution in [0.4, 0.5) is 0 Å². The van der Waals surface area contributed by atoms with E-state index < -0.39 is 5.41 Å². The Labute approximate surface area is 433 Å². The minimum absolute atomic E-state index is 0.489. The van der Waals surface area contributed by atoms with Crippen LogP contribution < -0.4 is 0 Å². The van der Waals surface area contributed by atoms with E-state index in [-0.39, 0.29) is 0 Å². The summed E-state index contributed by atoms with van der Waals surface area (Å²) in [4.78, 5) is 9.46. The highest BCUT2D eigenvalue weighted by Crippen LogP contribution is 2.63. The van der Waals surface area contributed by atoms with Gasteiger partial charge in [0.1, 0.15) is 11.6 Å². The third-order valence-electron chi connectivity index (χ3n) is 16.3. The van der Waals surface area contributed by atoms with Crippen LogP contribution in [-0.4, -0.2) is 19.1 Å². The van der Waals surface area contributed by atoms with Crippen molar-refractivity contribution in [2.24, 2.45) is 0 Å². The number of para-hydroxylation sites is 2. The molecule has 75 heavy (non-hydrogen) atoms. The molecule has 4 heteroatoms. The molecule has 2 aliphatic carbocycles. The van der Waals surface area contributed by atoms with Gasteiger partial charge in [0.15, 0.2) is 0 Å². The zero-order valence-corrected chi connectivity index (χ0v) is 40.7. The van der Waals surface area contributed by atoms with Gasteiger partial charge >= 0.3 is 0 Å². The number of benzene rings is 10. The van der Waals surface area contributed by atoms with Crippen molar-refractivity contribution < 1.29 is 0 Å². The summed E-state index contributed by atoms with van der Waals surface area (Å²) in [6.07, 6.45) is 3.72. The number of hydrogen-bond donors (Lipinski definition) is 0. The lowest BCUT2D eigenvalue weighted by Crippen LogP contribution is -2.26. The minimum Gasteiger partial charge on any atom is -0.294 e. The number of pyridine rings is 2. The second-order valence-electron chi connectivity index (χ2n) is 20.1. The van der Waals surface area contributed by atoms with Crippen LogP contribution in [0.25, 0.3) is 122 Å². The van der Waals surface area contributed by atoms with E-state index in [9.17, 15) is 0 Å². The van der Waals surface area contributed by atoms with Crippen LogP contribution in [0.5, 0.6) is 0 Å². The van der Waals surface area contributed by atoms with E-state index in [0.29, 0.717) is 0 Å². The fourth-order valence-corrected chi connectivity index (χ4v) is 13.0. The number of hydrogen-bond acceptors (Lipinski definition) is 2. The second kappa shape index (κ2) is 16.1. The lowest BCUT2D eigenvalue weighted by molar-refractivity contribution is 0.794. The predicted octanol–water partition coefficient (Wildman–Crippen LogP) is 17.7. The normalized spacial score (nSPS) is 12.9. The van der Waals surface area contributed by atoms with Crippen molar-refractivity contribution in [1.82, 2.24) is 19.1 Å². The summed E-state index contributed by atoms with van der Waals surface area (Å²) < 4.78 is 4.53. The Hall–Kier alpha value is -9.90. The average molecular weight is 953 g/mol. The van der Waals surface area contributed by atoms with Crippen LogP contribution >= 0.6 is 0 Å². The largest absolute Gasteiger partial charge is 0.294 e. The van der Waals surface area contributed by atoms with Gasteiger partial charge in [0.25, 0.3) is 0 Å². The van der Waals surface area contributed by atoms with Gasteiger partial charge in [-0.25, -0.2) is 9.97 Å². The fraction of sp³-hybridized carbons (Fsp3) is 0.0141. The average Bonchev–Trinajstić information content (AvgIpc) is 4.21. The van der Waals surface area contributed by atoms with Crippen molar-refractivity contribution in [3.63, 3.8) is 0 Å². The molecule has 348 valence electrons. The summed E-state index contributed by atoms with van der Waals surface area (Å²) in [6, 6.07) is 94.0. The van der Waals surface area contributed by atoms with Crippen molar-refractivity contribution in [2.45, 2.75) is 5.41 Å². The molecular formula is C71H44N4. The van der Waals surface area contributed by atoms with Crippen LogP contribution in [0.3, 0.4) is 0 Å². The van der Waals surface area contributed by atoms with Gasteiger partial charge in [0.05, 0.1) is 27.5 Å². The maximum atomic E-state index is 4.73. The predicted molar refractivity (Wildman–Crippen MR) is 309 cm³/mol. The first-order chi connectivity index (χ1) is 37.2. The van der Waals surface area contributed by atoms with E-state index in [4.69, 9.17) is 9.97 Å². The van der Waals surface area contributed by atoms with Gasteiger partial charge in [-0.05, 0) is 162 Å². The van der Waals surface area contributed by atoms with Crippen molar-refractivity contribution in [3.8, 4) is 78.4 Å². The maximum Gasteiger partial charge on any atom is 0.137 e.